The van der Waals surface area contributed by atoms with Crippen LogP contribution in [0.3, 0.4) is 0 Å². The van der Waals surface area contributed by atoms with E-state index in [1.807, 2.05) is 0 Å². The minimum atomic E-state index is -4.53. The van der Waals surface area contributed by atoms with Crippen molar-refractivity contribution in [2.24, 2.45) is 0 Å². The van der Waals surface area contributed by atoms with E-state index in [9.17, 15) is 21.6 Å². The zero-order chi connectivity index (χ0) is 24.6. The van der Waals surface area contributed by atoms with E-state index < -0.39 is 21.8 Å². The fourth-order valence-electron chi connectivity index (χ4n) is 3.96. The second-order valence-electron chi connectivity index (χ2n) is 7.71. The van der Waals surface area contributed by atoms with Crippen molar-refractivity contribution in [2.75, 3.05) is 11.3 Å². The standard InChI is InChI=1S/C22H17F3N6O3S/c23-22(24,25)14-1-3-17(19(11-14)31-9-8-28-30-31)16-6-10-34-20-12-15(2-4-18(16)20)35(32,33)29-21-5-7-26-13-27-21/h1-5,7-9,11-13,16H,6,10H2,(H,26,27,29)/t16-/m1/s1. The molecule has 0 saturated heterocycles. The van der Waals surface area contributed by atoms with Gasteiger partial charge in [0, 0.05) is 23.7 Å². The van der Waals surface area contributed by atoms with Crippen LogP contribution in [0.4, 0.5) is 19.0 Å². The number of hydrogen-bond donors (Lipinski definition) is 1. The monoisotopic (exact) mass is 502 g/mol. The highest BCUT2D eigenvalue weighted by molar-refractivity contribution is 7.92. The lowest BCUT2D eigenvalue weighted by molar-refractivity contribution is -0.137. The molecule has 1 aliphatic heterocycles. The zero-order valence-electron chi connectivity index (χ0n) is 17.8. The summed E-state index contributed by atoms with van der Waals surface area (Å²) in [5.41, 5.74) is 0.662. The highest BCUT2D eigenvalue weighted by Gasteiger charge is 2.33. The van der Waals surface area contributed by atoms with Crippen LogP contribution in [0.2, 0.25) is 0 Å². The molecule has 0 aliphatic carbocycles. The van der Waals surface area contributed by atoms with E-state index in [-0.39, 0.29) is 28.9 Å². The number of ether oxygens (including phenoxy) is 1. The number of benzene rings is 2. The number of hydrogen-bond acceptors (Lipinski definition) is 7. The molecule has 0 saturated carbocycles. The van der Waals surface area contributed by atoms with Gasteiger partial charge >= 0.3 is 6.18 Å². The van der Waals surface area contributed by atoms with Gasteiger partial charge in [0.05, 0.1) is 35.1 Å². The lowest BCUT2D eigenvalue weighted by Gasteiger charge is -2.28. The topological polar surface area (TPSA) is 112 Å². The van der Waals surface area contributed by atoms with Crippen LogP contribution in [0.25, 0.3) is 5.69 Å². The average Bonchev–Trinajstić information content (AvgIpc) is 3.38. The molecule has 0 bridgehead atoms. The van der Waals surface area contributed by atoms with Crippen LogP contribution in [0.15, 0.2) is 72.3 Å². The lowest BCUT2D eigenvalue weighted by Crippen LogP contribution is -2.19. The van der Waals surface area contributed by atoms with Gasteiger partial charge in [-0.25, -0.2) is 23.1 Å². The van der Waals surface area contributed by atoms with Gasteiger partial charge in [0.25, 0.3) is 10.0 Å². The van der Waals surface area contributed by atoms with E-state index >= 15 is 0 Å². The second kappa shape index (κ2) is 8.65. The Balaban J connectivity index is 1.54. The number of fused-ring (bicyclic) bond motifs is 1. The van der Waals surface area contributed by atoms with E-state index in [2.05, 4.69) is 25.0 Å². The van der Waals surface area contributed by atoms with E-state index in [1.54, 1.807) is 6.07 Å². The summed E-state index contributed by atoms with van der Waals surface area (Å²) in [6.07, 6.45) is 1.42. The van der Waals surface area contributed by atoms with Gasteiger partial charge in [-0.2, -0.15) is 13.2 Å². The molecular weight excluding hydrogens is 485 g/mol. The summed E-state index contributed by atoms with van der Waals surface area (Å²) >= 11 is 0. The summed E-state index contributed by atoms with van der Waals surface area (Å²) in [5.74, 6) is 0.0850. The molecule has 2 aromatic carbocycles. The first kappa shape index (κ1) is 22.8. The van der Waals surface area contributed by atoms with Crippen molar-refractivity contribution < 1.29 is 26.3 Å². The fraction of sp³-hybridized carbons (Fsp3) is 0.182. The van der Waals surface area contributed by atoms with Gasteiger partial charge in [-0.15, -0.1) is 5.10 Å². The summed E-state index contributed by atoms with van der Waals surface area (Å²) in [5, 5.41) is 7.60. The molecule has 1 N–H and O–H groups in total. The van der Waals surface area contributed by atoms with Gasteiger partial charge in [0.15, 0.2) is 0 Å². The number of sulfonamides is 1. The third kappa shape index (κ3) is 4.54. The third-order valence-electron chi connectivity index (χ3n) is 5.56. The molecule has 3 heterocycles. The summed E-state index contributed by atoms with van der Waals surface area (Å²) in [7, 11) is -3.96. The van der Waals surface area contributed by atoms with Gasteiger partial charge < -0.3 is 4.74 Å². The maximum atomic E-state index is 13.4. The van der Waals surface area contributed by atoms with E-state index in [0.717, 1.165) is 12.1 Å². The van der Waals surface area contributed by atoms with Gasteiger partial charge in [-0.3, -0.25) is 4.72 Å². The van der Waals surface area contributed by atoms with Crippen LogP contribution in [-0.4, -0.2) is 40.0 Å². The summed E-state index contributed by atoms with van der Waals surface area (Å²) in [6, 6.07) is 9.31. The van der Waals surface area contributed by atoms with Crippen molar-refractivity contribution in [1.82, 2.24) is 25.0 Å². The predicted molar refractivity (Wildman–Crippen MR) is 118 cm³/mol. The Hall–Kier alpha value is -4.00. The molecule has 5 rings (SSSR count). The molecule has 4 aromatic rings. The molecule has 0 fully saturated rings. The van der Waals surface area contributed by atoms with Gasteiger partial charge in [-0.1, -0.05) is 17.3 Å². The Bertz CT molecular complexity index is 1460. The number of nitrogens with one attached hydrogen (secondary N) is 1. The van der Waals surface area contributed by atoms with Crippen LogP contribution >= 0.6 is 0 Å². The zero-order valence-corrected chi connectivity index (χ0v) is 18.7. The molecule has 35 heavy (non-hydrogen) atoms. The van der Waals surface area contributed by atoms with E-state index in [4.69, 9.17) is 4.74 Å². The Morgan fingerprint density at radius 2 is 1.89 bits per heavy atom. The van der Waals surface area contributed by atoms with Crippen LogP contribution in [0.5, 0.6) is 5.75 Å². The van der Waals surface area contributed by atoms with Crippen molar-refractivity contribution in [3.8, 4) is 11.4 Å². The number of anilines is 1. The predicted octanol–water partition coefficient (Wildman–Crippen LogP) is 3.79. The number of halogens is 3. The van der Waals surface area contributed by atoms with Gasteiger partial charge in [0.1, 0.15) is 17.9 Å². The van der Waals surface area contributed by atoms with Crippen molar-refractivity contribution in [1.29, 1.82) is 0 Å². The number of aromatic nitrogens is 5. The number of rotatable bonds is 5. The van der Waals surface area contributed by atoms with Gasteiger partial charge in [-0.05, 0) is 36.2 Å². The van der Waals surface area contributed by atoms with Crippen molar-refractivity contribution in [3.05, 3.63) is 84.1 Å². The fourth-order valence-corrected chi connectivity index (χ4v) is 4.98. The molecule has 0 unspecified atom stereocenters. The second-order valence-corrected chi connectivity index (χ2v) is 9.39. The molecule has 0 radical (unpaired) electrons. The van der Waals surface area contributed by atoms with Crippen molar-refractivity contribution >= 4 is 15.8 Å². The van der Waals surface area contributed by atoms with Gasteiger partial charge in [0.2, 0.25) is 0 Å². The highest BCUT2D eigenvalue weighted by atomic mass is 32.2. The van der Waals surface area contributed by atoms with Crippen LogP contribution in [0.1, 0.15) is 29.0 Å². The Morgan fingerprint density at radius 3 is 2.60 bits per heavy atom. The molecule has 1 aliphatic rings. The summed E-state index contributed by atoms with van der Waals surface area (Å²) in [6.45, 7) is 0.248. The molecule has 9 nitrogen and oxygen atoms in total. The smallest absolute Gasteiger partial charge is 0.416 e. The summed E-state index contributed by atoms with van der Waals surface area (Å²) in [4.78, 5) is 7.57. The Kier molecular flexibility index (Phi) is 5.63. The third-order valence-corrected chi connectivity index (χ3v) is 6.91. The molecule has 0 amide bonds. The maximum Gasteiger partial charge on any atom is 0.416 e. The highest BCUT2D eigenvalue weighted by Crippen LogP contribution is 2.42. The SMILES string of the molecule is O=S(=O)(Nc1ccncn1)c1ccc2c(c1)OCC[C@@H]2c1ccc(C(F)(F)F)cc1-n1ccnn1. The average molecular weight is 502 g/mol. The normalized spacial score (nSPS) is 15.8. The molecule has 180 valence electrons. The van der Waals surface area contributed by atoms with Crippen molar-refractivity contribution in [2.45, 2.75) is 23.4 Å². The first-order valence-corrected chi connectivity index (χ1v) is 11.8. The lowest BCUT2D eigenvalue weighted by atomic mass is 9.85. The molecule has 13 heteroatoms. The first-order chi connectivity index (χ1) is 16.7. The number of nitrogens with zero attached hydrogens (tertiary/aromatic N) is 5. The molecule has 1 atom stereocenters. The quantitative estimate of drug-likeness (QED) is 0.442. The first-order valence-electron chi connectivity index (χ1n) is 10.4. The summed E-state index contributed by atoms with van der Waals surface area (Å²) < 4.78 is 75.2. The maximum absolute atomic E-state index is 13.4. The molecular formula is C22H17F3N6O3S. The Morgan fingerprint density at radius 1 is 1.06 bits per heavy atom. The minimum Gasteiger partial charge on any atom is -0.493 e. The Labute approximate surface area is 197 Å². The van der Waals surface area contributed by atoms with E-state index in [1.165, 1.54) is 53.9 Å². The largest absolute Gasteiger partial charge is 0.493 e. The van der Waals surface area contributed by atoms with Crippen molar-refractivity contribution in [3.63, 3.8) is 0 Å². The number of alkyl halides is 3. The molecule has 2 aromatic heterocycles. The van der Waals surface area contributed by atoms with Crippen LogP contribution in [-0.2, 0) is 16.2 Å². The molecule has 0 spiro atoms. The van der Waals surface area contributed by atoms with Crippen LogP contribution < -0.4 is 9.46 Å². The van der Waals surface area contributed by atoms with Crippen LogP contribution in [0, 0.1) is 0 Å². The van der Waals surface area contributed by atoms with E-state index in [0.29, 0.717) is 23.3 Å². The minimum absolute atomic E-state index is 0.0422.